The zero-order valence-corrected chi connectivity index (χ0v) is 13.8. The molecule has 1 heterocycles. The van der Waals surface area contributed by atoms with Crippen molar-refractivity contribution in [3.05, 3.63) is 40.7 Å². The summed E-state index contributed by atoms with van der Waals surface area (Å²) in [7, 11) is 0. The smallest absolute Gasteiger partial charge is 0.246 e. The SMILES string of the molecule is Cc1cc(C)n(CC(=O)Nc2cc(C(C)C)c(O)cc2C)n1. The molecule has 2 aromatic rings. The van der Waals surface area contributed by atoms with E-state index in [9.17, 15) is 9.90 Å². The summed E-state index contributed by atoms with van der Waals surface area (Å²) in [6.45, 7) is 9.88. The van der Waals surface area contributed by atoms with Crippen LogP contribution in [0, 0.1) is 20.8 Å². The van der Waals surface area contributed by atoms with Crippen LogP contribution in [0.5, 0.6) is 5.75 Å². The van der Waals surface area contributed by atoms with E-state index in [1.807, 2.05) is 46.8 Å². The van der Waals surface area contributed by atoms with Crippen molar-refractivity contribution in [3.63, 3.8) is 0 Å². The van der Waals surface area contributed by atoms with Gasteiger partial charge in [0, 0.05) is 11.4 Å². The second-order valence-corrected chi connectivity index (χ2v) is 6.01. The van der Waals surface area contributed by atoms with Gasteiger partial charge in [0.25, 0.3) is 0 Å². The van der Waals surface area contributed by atoms with Crippen LogP contribution in [0.4, 0.5) is 5.69 Å². The van der Waals surface area contributed by atoms with Crippen molar-refractivity contribution in [2.45, 2.75) is 47.1 Å². The number of nitrogens with zero attached hydrogens (tertiary/aromatic N) is 2. The number of carbonyl (C=O) groups is 1. The van der Waals surface area contributed by atoms with E-state index in [1.54, 1.807) is 10.7 Å². The van der Waals surface area contributed by atoms with Crippen LogP contribution >= 0.6 is 0 Å². The maximum Gasteiger partial charge on any atom is 0.246 e. The fraction of sp³-hybridized carbons (Fsp3) is 0.412. The van der Waals surface area contributed by atoms with Crippen molar-refractivity contribution >= 4 is 11.6 Å². The first-order valence-corrected chi connectivity index (χ1v) is 7.42. The molecule has 0 saturated heterocycles. The summed E-state index contributed by atoms with van der Waals surface area (Å²) in [6, 6.07) is 5.47. The van der Waals surface area contributed by atoms with E-state index in [2.05, 4.69) is 10.4 Å². The Morgan fingerprint density at radius 3 is 2.50 bits per heavy atom. The average Bonchev–Trinajstić information content (AvgIpc) is 2.70. The predicted octanol–water partition coefficient (Wildman–Crippen LogP) is 3.28. The molecular formula is C17H23N3O2. The van der Waals surface area contributed by atoms with Crippen LogP contribution < -0.4 is 5.32 Å². The van der Waals surface area contributed by atoms with E-state index in [-0.39, 0.29) is 24.1 Å². The summed E-state index contributed by atoms with van der Waals surface area (Å²) in [5, 5.41) is 17.2. The fourth-order valence-electron chi connectivity index (χ4n) is 2.47. The van der Waals surface area contributed by atoms with Gasteiger partial charge in [-0.2, -0.15) is 5.10 Å². The van der Waals surface area contributed by atoms with E-state index >= 15 is 0 Å². The highest BCUT2D eigenvalue weighted by Gasteiger charge is 2.13. The molecule has 0 saturated carbocycles. The van der Waals surface area contributed by atoms with Crippen LogP contribution in [0.25, 0.3) is 0 Å². The lowest BCUT2D eigenvalue weighted by Crippen LogP contribution is -2.21. The molecule has 5 nitrogen and oxygen atoms in total. The van der Waals surface area contributed by atoms with Gasteiger partial charge < -0.3 is 10.4 Å². The summed E-state index contributed by atoms with van der Waals surface area (Å²) in [5.74, 6) is 0.325. The Bertz CT molecular complexity index is 702. The minimum atomic E-state index is -0.130. The minimum Gasteiger partial charge on any atom is -0.508 e. The molecule has 118 valence electrons. The van der Waals surface area contributed by atoms with E-state index in [0.717, 1.165) is 28.2 Å². The molecule has 0 bridgehead atoms. The van der Waals surface area contributed by atoms with E-state index in [4.69, 9.17) is 0 Å². The van der Waals surface area contributed by atoms with Crippen molar-refractivity contribution in [1.29, 1.82) is 0 Å². The number of aryl methyl sites for hydroxylation is 3. The largest absolute Gasteiger partial charge is 0.508 e. The summed E-state index contributed by atoms with van der Waals surface area (Å²) in [6.07, 6.45) is 0. The molecule has 0 aliphatic carbocycles. The quantitative estimate of drug-likeness (QED) is 0.852. The first-order chi connectivity index (χ1) is 10.3. The molecule has 0 spiro atoms. The molecule has 5 heteroatoms. The minimum absolute atomic E-state index is 0.130. The molecule has 0 atom stereocenters. The van der Waals surface area contributed by atoms with Crippen molar-refractivity contribution in [3.8, 4) is 5.75 Å². The summed E-state index contributed by atoms with van der Waals surface area (Å²) in [5.41, 5.74) is 4.25. The van der Waals surface area contributed by atoms with E-state index < -0.39 is 0 Å². The highest BCUT2D eigenvalue weighted by Crippen LogP contribution is 2.31. The average molecular weight is 301 g/mol. The Kier molecular flexibility index (Phi) is 4.54. The standard InChI is InChI=1S/C17H23N3O2/c1-10(2)14-8-15(11(3)6-16(14)21)18-17(22)9-20-13(5)7-12(4)19-20/h6-8,10,21H,9H2,1-5H3,(H,18,22). The third kappa shape index (κ3) is 3.47. The van der Waals surface area contributed by atoms with Gasteiger partial charge >= 0.3 is 0 Å². The maximum absolute atomic E-state index is 12.2. The maximum atomic E-state index is 12.2. The molecule has 0 unspecified atom stereocenters. The number of phenolic OH excluding ortho intramolecular Hbond substituents is 1. The lowest BCUT2D eigenvalue weighted by molar-refractivity contribution is -0.116. The number of benzene rings is 1. The Labute approximate surface area is 131 Å². The highest BCUT2D eigenvalue weighted by atomic mass is 16.3. The molecule has 1 aromatic heterocycles. The molecule has 0 fully saturated rings. The van der Waals surface area contributed by atoms with Crippen LogP contribution in [0.3, 0.4) is 0 Å². The summed E-state index contributed by atoms with van der Waals surface area (Å²) < 4.78 is 1.68. The predicted molar refractivity (Wildman–Crippen MR) is 87.3 cm³/mol. The molecule has 1 aromatic carbocycles. The highest BCUT2D eigenvalue weighted by molar-refractivity contribution is 5.91. The zero-order chi connectivity index (χ0) is 16.4. The molecule has 0 aliphatic heterocycles. The van der Waals surface area contributed by atoms with Gasteiger partial charge in [0.1, 0.15) is 12.3 Å². The number of nitrogens with one attached hydrogen (secondary N) is 1. The van der Waals surface area contributed by atoms with Crippen LogP contribution in [0.15, 0.2) is 18.2 Å². The molecule has 1 amide bonds. The Balaban J connectivity index is 2.18. The normalized spacial score (nSPS) is 11.0. The van der Waals surface area contributed by atoms with Crippen molar-refractivity contribution in [2.75, 3.05) is 5.32 Å². The topological polar surface area (TPSA) is 67.2 Å². The first kappa shape index (κ1) is 16.1. The number of amides is 1. The lowest BCUT2D eigenvalue weighted by Gasteiger charge is -2.14. The molecule has 22 heavy (non-hydrogen) atoms. The van der Waals surface area contributed by atoms with Gasteiger partial charge in [-0.3, -0.25) is 9.48 Å². The van der Waals surface area contributed by atoms with Gasteiger partial charge in [-0.05, 0) is 56.0 Å². The Morgan fingerprint density at radius 1 is 1.27 bits per heavy atom. The first-order valence-electron chi connectivity index (χ1n) is 7.42. The lowest BCUT2D eigenvalue weighted by atomic mass is 9.99. The molecule has 2 rings (SSSR count). The van der Waals surface area contributed by atoms with Crippen LogP contribution in [0.2, 0.25) is 0 Å². The Hall–Kier alpha value is -2.30. The molecule has 0 radical (unpaired) electrons. The second-order valence-electron chi connectivity index (χ2n) is 6.01. The molecule has 2 N–H and O–H groups in total. The zero-order valence-electron chi connectivity index (χ0n) is 13.8. The van der Waals surface area contributed by atoms with Crippen LogP contribution in [-0.2, 0) is 11.3 Å². The third-order valence-corrected chi connectivity index (χ3v) is 3.67. The van der Waals surface area contributed by atoms with Crippen molar-refractivity contribution in [1.82, 2.24) is 9.78 Å². The van der Waals surface area contributed by atoms with Gasteiger partial charge in [0.05, 0.1) is 5.69 Å². The number of hydrogen-bond donors (Lipinski definition) is 2. The van der Waals surface area contributed by atoms with Gasteiger partial charge in [-0.1, -0.05) is 13.8 Å². The van der Waals surface area contributed by atoms with Gasteiger partial charge in [0.2, 0.25) is 5.91 Å². The fourth-order valence-corrected chi connectivity index (χ4v) is 2.47. The number of phenols is 1. The molecular weight excluding hydrogens is 278 g/mol. The van der Waals surface area contributed by atoms with Crippen molar-refractivity contribution in [2.24, 2.45) is 0 Å². The van der Waals surface area contributed by atoms with Gasteiger partial charge in [0.15, 0.2) is 0 Å². The molecule has 0 aliphatic rings. The van der Waals surface area contributed by atoms with Crippen molar-refractivity contribution < 1.29 is 9.90 Å². The van der Waals surface area contributed by atoms with Crippen LogP contribution in [-0.4, -0.2) is 20.8 Å². The number of aromatic nitrogens is 2. The van der Waals surface area contributed by atoms with Crippen LogP contribution in [0.1, 0.15) is 42.3 Å². The number of aromatic hydroxyl groups is 1. The third-order valence-electron chi connectivity index (χ3n) is 3.67. The number of hydrogen-bond acceptors (Lipinski definition) is 3. The summed E-state index contributed by atoms with van der Waals surface area (Å²) in [4.78, 5) is 12.2. The van der Waals surface area contributed by atoms with Gasteiger partial charge in [-0.15, -0.1) is 0 Å². The number of anilines is 1. The Morgan fingerprint density at radius 2 is 1.95 bits per heavy atom. The second kappa shape index (κ2) is 6.22. The van der Waals surface area contributed by atoms with Gasteiger partial charge in [-0.25, -0.2) is 0 Å². The van der Waals surface area contributed by atoms with E-state index in [1.165, 1.54) is 0 Å². The number of rotatable bonds is 4. The van der Waals surface area contributed by atoms with E-state index in [0.29, 0.717) is 0 Å². The summed E-state index contributed by atoms with van der Waals surface area (Å²) >= 11 is 0. The monoisotopic (exact) mass is 301 g/mol. The number of carbonyl (C=O) groups excluding carboxylic acids is 1.